The van der Waals surface area contributed by atoms with Crippen molar-refractivity contribution in [1.29, 1.82) is 0 Å². The predicted octanol–water partition coefficient (Wildman–Crippen LogP) is 1.79. The van der Waals surface area contributed by atoms with Crippen LogP contribution >= 0.6 is 0 Å². The molecule has 0 atom stereocenters. The molecule has 96 valence electrons. The molecule has 0 fully saturated rings. The first-order valence-electron chi connectivity index (χ1n) is 6.10. The second-order valence-electron chi connectivity index (χ2n) is 4.35. The van der Waals surface area contributed by atoms with Crippen LogP contribution in [0.2, 0.25) is 0 Å². The summed E-state index contributed by atoms with van der Waals surface area (Å²) in [4.78, 5) is 4.10. The molecule has 2 rings (SSSR count). The molecule has 0 saturated carbocycles. The predicted molar refractivity (Wildman–Crippen MR) is 72.2 cm³/mol. The third kappa shape index (κ3) is 2.36. The van der Waals surface area contributed by atoms with E-state index in [1.165, 1.54) is 11.3 Å². The number of anilines is 1. The Morgan fingerprint density at radius 2 is 2.17 bits per heavy atom. The second-order valence-corrected chi connectivity index (χ2v) is 4.35. The van der Waals surface area contributed by atoms with Gasteiger partial charge in [0.2, 0.25) is 0 Å². The maximum atomic E-state index is 5.36. The van der Waals surface area contributed by atoms with Crippen molar-refractivity contribution in [2.75, 3.05) is 5.43 Å². The molecule has 5 heteroatoms. The first-order valence-corrected chi connectivity index (χ1v) is 6.10. The Balaban J connectivity index is 2.28. The SMILES string of the molecule is CCc1c(C)nn(Cc2ccnc(NN)c2)c1C. The van der Waals surface area contributed by atoms with E-state index in [9.17, 15) is 0 Å². The minimum Gasteiger partial charge on any atom is -0.308 e. The molecule has 0 radical (unpaired) electrons. The summed E-state index contributed by atoms with van der Waals surface area (Å²) in [6, 6.07) is 3.91. The number of aromatic nitrogens is 3. The standard InChI is InChI=1S/C13H19N5/c1-4-12-9(2)17-18(10(12)3)8-11-5-6-15-13(7-11)16-14/h5-7H,4,8,14H2,1-3H3,(H,15,16). The van der Waals surface area contributed by atoms with Crippen molar-refractivity contribution >= 4 is 5.82 Å². The Morgan fingerprint density at radius 1 is 1.39 bits per heavy atom. The summed E-state index contributed by atoms with van der Waals surface area (Å²) in [6.45, 7) is 7.07. The van der Waals surface area contributed by atoms with Crippen LogP contribution in [0.4, 0.5) is 5.82 Å². The fourth-order valence-electron chi connectivity index (χ4n) is 2.22. The van der Waals surface area contributed by atoms with Crippen LogP contribution in [0, 0.1) is 13.8 Å². The topological polar surface area (TPSA) is 68.8 Å². The summed E-state index contributed by atoms with van der Waals surface area (Å²) in [5, 5.41) is 4.58. The molecule has 0 aliphatic carbocycles. The number of aryl methyl sites for hydroxylation is 1. The van der Waals surface area contributed by atoms with E-state index in [-0.39, 0.29) is 0 Å². The third-order valence-electron chi connectivity index (χ3n) is 3.19. The lowest BCUT2D eigenvalue weighted by molar-refractivity contribution is 0.657. The average Bonchev–Trinajstić information content (AvgIpc) is 2.64. The molecule has 2 heterocycles. The van der Waals surface area contributed by atoms with Gasteiger partial charge in [-0.15, -0.1) is 0 Å². The van der Waals surface area contributed by atoms with Gasteiger partial charge in [0.25, 0.3) is 0 Å². The fraction of sp³-hybridized carbons (Fsp3) is 0.385. The molecule has 0 aliphatic rings. The van der Waals surface area contributed by atoms with Gasteiger partial charge in [0.05, 0.1) is 12.2 Å². The van der Waals surface area contributed by atoms with Crippen molar-refractivity contribution < 1.29 is 0 Å². The van der Waals surface area contributed by atoms with E-state index in [0.29, 0.717) is 5.82 Å². The van der Waals surface area contributed by atoms with Gasteiger partial charge in [-0.1, -0.05) is 6.92 Å². The molecule has 0 aromatic carbocycles. The fourth-order valence-corrected chi connectivity index (χ4v) is 2.22. The Bertz CT molecular complexity index is 544. The summed E-state index contributed by atoms with van der Waals surface area (Å²) >= 11 is 0. The van der Waals surface area contributed by atoms with Crippen molar-refractivity contribution in [2.24, 2.45) is 5.84 Å². The van der Waals surface area contributed by atoms with Gasteiger partial charge in [-0.25, -0.2) is 10.8 Å². The zero-order valence-electron chi connectivity index (χ0n) is 11.1. The Kier molecular flexibility index (Phi) is 3.62. The average molecular weight is 245 g/mol. The molecule has 0 spiro atoms. The number of rotatable bonds is 4. The summed E-state index contributed by atoms with van der Waals surface area (Å²) in [7, 11) is 0. The van der Waals surface area contributed by atoms with E-state index in [1.54, 1.807) is 6.20 Å². The zero-order valence-corrected chi connectivity index (χ0v) is 11.1. The van der Waals surface area contributed by atoms with Crippen LogP contribution in [0.3, 0.4) is 0 Å². The molecule has 3 N–H and O–H groups in total. The third-order valence-corrected chi connectivity index (χ3v) is 3.19. The number of nitrogens with one attached hydrogen (secondary N) is 1. The Hall–Kier alpha value is -1.88. The van der Waals surface area contributed by atoms with E-state index in [4.69, 9.17) is 5.84 Å². The molecule has 18 heavy (non-hydrogen) atoms. The van der Waals surface area contributed by atoms with E-state index >= 15 is 0 Å². The van der Waals surface area contributed by atoms with E-state index < -0.39 is 0 Å². The monoisotopic (exact) mass is 245 g/mol. The maximum Gasteiger partial charge on any atom is 0.140 e. The molecule has 0 aliphatic heterocycles. The van der Waals surface area contributed by atoms with Gasteiger partial charge in [0.1, 0.15) is 5.82 Å². The van der Waals surface area contributed by atoms with Crippen molar-refractivity contribution in [3.8, 4) is 0 Å². The molecule has 2 aromatic heterocycles. The lowest BCUT2D eigenvalue weighted by Gasteiger charge is -2.06. The largest absolute Gasteiger partial charge is 0.308 e. The van der Waals surface area contributed by atoms with Crippen molar-refractivity contribution in [2.45, 2.75) is 33.7 Å². The number of hydrogen-bond acceptors (Lipinski definition) is 4. The second kappa shape index (κ2) is 5.18. The van der Waals surface area contributed by atoms with Crippen molar-refractivity contribution in [3.05, 3.63) is 40.8 Å². The highest BCUT2D eigenvalue weighted by atomic mass is 15.3. The van der Waals surface area contributed by atoms with E-state index in [1.807, 2.05) is 16.8 Å². The summed E-state index contributed by atoms with van der Waals surface area (Å²) in [5.41, 5.74) is 7.36. The number of nitrogens with zero attached hydrogens (tertiary/aromatic N) is 3. The number of hydrazine groups is 1. The van der Waals surface area contributed by atoms with Crippen LogP contribution in [0.5, 0.6) is 0 Å². The number of nitrogen functional groups attached to an aromatic ring is 1. The van der Waals surface area contributed by atoms with Crippen molar-refractivity contribution in [1.82, 2.24) is 14.8 Å². The van der Waals surface area contributed by atoms with E-state index in [0.717, 1.165) is 24.2 Å². The highest BCUT2D eigenvalue weighted by Crippen LogP contribution is 2.15. The first kappa shape index (κ1) is 12.6. The Labute approximate surface area is 107 Å². The highest BCUT2D eigenvalue weighted by Gasteiger charge is 2.09. The lowest BCUT2D eigenvalue weighted by atomic mass is 10.1. The summed E-state index contributed by atoms with van der Waals surface area (Å²) < 4.78 is 2.03. The van der Waals surface area contributed by atoms with Crippen LogP contribution in [-0.2, 0) is 13.0 Å². The number of pyridine rings is 1. The molecule has 0 saturated heterocycles. The highest BCUT2D eigenvalue weighted by molar-refractivity contribution is 5.36. The molecule has 5 nitrogen and oxygen atoms in total. The zero-order chi connectivity index (χ0) is 13.1. The van der Waals surface area contributed by atoms with Gasteiger partial charge >= 0.3 is 0 Å². The van der Waals surface area contributed by atoms with Gasteiger partial charge in [-0.2, -0.15) is 5.10 Å². The van der Waals surface area contributed by atoms with E-state index in [2.05, 4.69) is 36.3 Å². The first-order chi connectivity index (χ1) is 8.65. The molecule has 0 amide bonds. The molecule has 0 unspecified atom stereocenters. The molecule has 0 bridgehead atoms. The quantitative estimate of drug-likeness (QED) is 0.636. The maximum absolute atomic E-state index is 5.36. The minimum absolute atomic E-state index is 0.671. The van der Waals surface area contributed by atoms with Gasteiger partial charge in [-0.3, -0.25) is 4.68 Å². The number of hydrogen-bond donors (Lipinski definition) is 2. The smallest absolute Gasteiger partial charge is 0.140 e. The lowest BCUT2D eigenvalue weighted by Crippen LogP contribution is -2.10. The van der Waals surface area contributed by atoms with Crippen LogP contribution < -0.4 is 11.3 Å². The van der Waals surface area contributed by atoms with Gasteiger partial charge in [0, 0.05) is 11.9 Å². The Morgan fingerprint density at radius 3 is 2.78 bits per heavy atom. The van der Waals surface area contributed by atoms with Crippen LogP contribution in [-0.4, -0.2) is 14.8 Å². The van der Waals surface area contributed by atoms with Crippen LogP contribution in [0.1, 0.15) is 29.4 Å². The van der Waals surface area contributed by atoms with Gasteiger partial charge in [0.15, 0.2) is 0 Å². The molecular formula is C13H19N5. The van der Waals surface area contributed by atoms with Gasteiger partial charge < -0.3 is 5.43 Å². The van der Waals surface area contributed by atoms with Crippen LogP contribution in [0.25, 0.3) is 0 Å². The molecular weight excluding hydrogens is 226 g/mol. The normalized spacial score (nSPS) is 10.7. The minimum atomic E-state index is 0.671. The number of nitrogens with two attached hydrogens (primary N) is 1. The summed E-state index contributed by atoms with van der Waals surface area (Å²) in [6.07, 6.45) is 2.76. The summed E-state index contributed by atoms with van der Waals surface area (Å²) in [5.74, 6) is 6.03. The van der Waals surface area contributed by atoms with Crippen molar-refractivity contribution in [3.63, 3.8) is 0 Å². The molecule has 2 aromatic rings. The van der Waals surface area contributed by atoms with Gasteiger partial charge in [-0.05, 0) is 43.5 Å². The van der Waals surface area contributed by atoms with Crippen LogP contribution in [0.15, 0.2) is 18.3 Å².